The van der Waals surface area contributed by atoms with Crippen molar-refractivity contribution >= 4 is 11.7 Å². The van der Waals surface area contributed by atoms with E-state index in [9.17, 15) is 18.0 Å². The molecule has 0 aromatic carbocycles. The Bertz CT molecular complexity index is 1320. The van der Waals surface area contributed by atoms with Gasteiger partial charge in [-0.3, -0.25) is 14.4 Å². The van der Waals surface area contributed by atoms with E-state index in [1.54, 1.807) is 18.1 Å². The van der Waals surface area contributed by atoms with Gasteiger partial charge in [-0.2, -0.15) is 18.3 Å². The smallest absolute Gasteiger partial charge is 0.383 e. The van der Waals surface area contributed by atoms with Gasteiger partial charge in [0.25, 0.3) is 0 Å². The number of alkyl halides is 3. The van der Waals surface area contributed by atoms with E-state index < -0.39 is 12.0 Å². The Balaban J connectivity index is 1.33. The number of carbonyl (C=O) groups excluding carboxylic acids is 1. The first-order chi connectivity index (χ1) is 20.3. The van der Waals surface area contributed by atoms with Gasteiger partial charge in [-0.05, 0) is 42.7 Å². The van der Waals surface area contributed by atoms with Gasteiger partial charge in [0.2, 0.25) is 11.7 Å². The van der Waals surface area contributed by atoms with Crippen LogP contribution in [0.5, 0.6) is 0 Å². The number of aromatic nitrogens is 4. The minimum atomic E-state index is -4.64. The summed E-state index contributed by atoms with van der Waals surface area (Å²) < 4.78 is 49.6. The first kappa shape index (κ1) is 31.4. The summed E-state index contributed by atoms with van der Waals surface area (Å²) in [7, 11) is 1.67. The summed E-state index contributed by atoms with van der Waals surface area (Å²) in [6.07, 6.45) is 0.0933. The van der Waals surface area contributed by atoms with Gasteiger partial charge >= 0.3 is 6.18 Å². The number of ether oxygens (including phenoxy) is 1. The van der Waals surface area contributed by atoms with Gasteiger partial charge in [-0.1, -0.05) is 27.4 Å². The van der Waals surface area contributed by atoms with Crippen LogP contribution >= 0.6 is 0 Å². The normalized spacial score (nSPS) is 26.3. The Morgan fingerprint density at radius 3 is 2.51 bits per heavy atom. The second kappa shape index (κ2) is 12.2. The maximum Gasteiger partial charge on any atom is 0.451 e. The van der Waals surface area contributed by atoms with Crippen molar-refractivity contribution in [2.24, 2.45) is 11.3 Å². The molecule has 0 spiro atoms. The number of rotatable bonds is 8. The molecule has 2 unspecified atom stereocenters. The number of carbonyl (C=O) groups is 1. The van der Waals surface area contributed by atoms with Crippen LogP contribution in [-0.4, -0.2) is 94.5 Å². The second-order valence-electron chi connectivity index (χ2n) is 12.9. The van der Waals surface area contributed by atoms with E-state index in [4.69, 9.17) is 4.74 Å². The molecular formula is C31H44F3N7O2. The number of piperazine rings is 1. The highest BCUT2D eigenvalue weighted by molar-refractivity contribution is 5.87. The highest BCUT2D eigenvalue weighted by atomic mass is 19.4. The Kier molecular flexibility index (Phi) is 8.91. The van der Waals surface area contributed by atoms with Crippen molar-refractivity contribution in [1.82, 2.24) is 29.5 Å². The Morgan fingerprint density at radius 2 is 1.91 bits per heavy atom. The molecule has 4 heterocycles. The molecule has 3 fully saturated rings. The third-order valence-electron chi connectivity index (χ3n) is 9.96. The number of anilines is 1. The largest absolute Gasteiger partial charge is 0.451 e. The summed E-state index contributed by atoms with van der Waals surface area (Å²) in [5.74, 6) is -0.478. The van der Waals surface area contributed by atoms with Crippen molar-refractivity contribution in [3.63, 3.8) is 0 Å². The molecule has 2 aromatic rings. The number of hydrogen-bond donors (Lipinski definition) is 0. The molecular weight excluding hydrogens is 559 g/mol. The van der Waals surface area contributed by atoms with Crippen molar-refractivity contribution in [3.8, 4) is 0 Å². The summed E-state index contributed by atoms with van der Waals surface area (Å²) in [6, 6.07) is 1.99. The van der Waals surface area contributed by atoms with Gasteiger partial charge in [0.15, 0.2) is 0 Å². The molecule has 2 saturated heterocycles. The minimum absolute atomic E-state index is 0.0659. The zero-order valence-electron chi connectivity index (χ0n) is 25.9. The predicted molar refractivity (Wildman–Crippen MR) is 158 cm³/mol. The summed E-state index contributed by atoms with van der Waals surface area (Å²) in [5, 5.41) is 4.55. The first-order valence-electron chi connectivity index (χ1n) is 15.2. The van der Waals surface area contributed by atoms with Gasteiger partial charge in [-0.25, -0.2) is 9.97 Å². The molecule has 4 atom stereocenters. The van der Waals surface area contributed by atoms with Crippen molar-refractivity contribution in [3.05, 3.63) is 47.7 Å². The Morgan fingerprint density at radius 1 is 1.19 bits per heavy atom. The fraction of sp³-hybridized carbons (Fsp3) is 0.677. The van der Waals surface area contributed by atoms with E-state index in [1.165, 1.54) is 11.8 Å². The topological polar surface area (TPSA) is 79.6 Å². The monoisotopic (exact) mass is 603 g/mol. The lowest BCUT2D eigenvalue weighted by atomic mass is 9.56. The van der Waals surface area contributed by atoms with Gasteiger partial charge < -0.3 is 14.5 Å². The molecule has 1 amide bonds. The van der Waals surface area contributed by atoms with Crippen LogP contribution in [-0.2, 0) is 22.3 Å². The highest BCUT2D eigenvalue weighted by Crippen LogP contribution is 2.55. The molecule has 43 heavy (non-hydrogen) atoms. The minimum Gasteiger partial charge on any atom is -0.383 e. The SMILES string of the molecule is C=CC(=O)N1CCN(C2CC(c3cc(N4CC[C@@H](c5c(C)cnn5CCOC)[C@H](C)C4)nc(C(F)(F)F)n3)C2(C)C)CC1. The summed E-state index contributed by atoms with van der Waals surface area (Å²) in [6.45, 7) is 17.2. The quantitative estimate of drug-likeness (QED) is 0.412. The molecule has 0 radical (unpaired) electrons. The number of amides is 1. The lowest BCUT2D eigenvalue weighted by Crippen LogP contribution is -2.62. The maximum absolute atomic E-state index is 14.1. The fourth-order valence-electron chi connectivity index (χ4n) is 7.41. The standard InChI is InChI=1S/C31H44F3N7O2/c1-7-27(42)39-12-10-38(11-13-39)25-16-23(30(25,4)5)24-17-26(37-29(36-24)31(32,33)34)40-9-8-22(21(3)19-40)28-20(2)18-35-41(28)14-15-43-6/h7,17-18,21-23,25H,1,8-16,19H2,2-6H3/t21-,22-,23?,25?/m1/s1. The molecule has 5 rings (SSSR count). The second-order valence-corrected chi connectivity index (χ2v) is 12.9. The molecule has 2 aliphatic heterocycles. The van der Waals surface area contributed by atoms with Crippen molar-refractivity contribution in [2.75, 3.05) is 57.9 Å². The van der Waals surface area contributed by atoms with Crippen LogP contribution < -0.4 is 4.90 Å². The van der Waals surface area contributed by atoms with Gasteiger partial charge in [0.05, 0.1) is 25.0 Å². The lowest BCUT2D eigenvalue weighted by Gasteiger charge is -2.57. The van der Waals surface area contributed by atoms with Crippen LogP contribution in [0.1, 0.15) is 68.2 Å². The predicted octanol–water partition coefficient (Wildman–Crippen LogP) is 4.49. The number of nitrogens with zero attached hydrogens (tertiary/aromatic N) is 7. The number of hydrogen-bond acceptors (Lipinski definition) is 7. The van der Waals surface area contributed by atoms with Crippen LogP contribution in [0.3, 0.4) is 0 Å². The van der Waals surface area contributed by atoms with E-state index in [-0.39, 0.29) is 35.1 Å². The average Bonchev–Trinajstić information content (AvgIpc) is 3.34. The summed E-state index contributed by atoms with van der Waals surface area (Å²) in [5.41, 5.74) is 2.49. The van der Waals surface area contributed by atoms with E-state index >= 15 is 0 Å². The van der Waals surface area contributed by atoms with Gasteiger partial charge in [0, 0.05) is 76.0 Å². The number of piperidine rings is 1. The van der Waals surface area contributed by atoms with Crippen molar-refractivity contribution in [1.29, 1.82) is 0 Å². The average molecular weight is 604 g/mol. The van der Waals surface area contributed by atoms with Gasteiger partial charge in [0.1, 0.15) is 5.82 Å². The third kappa shape index (κ3) is 6.18. The first-order valence-corrected chi connectivity index (χ1v) is 15.2. The van der Waals surface area contributed by atoms with Crippen LogP contribution in [0.25, 0.3) is 0 Å². The highest BCUT2D eigenvalue weighted by Gasteiger charge is 2.53. The Labute approximate surface area is 252 Å². The zero-order chi connectivity index (χ0) is 31.1. The van der Waals surface area contributed by atoms with Crippen LogP contribution in [0.2, 0.25) is 0 Å². The number of methoxy groups -OCH3 is 1. The molecule has 2 aromatic heterocycles. The molecule has 236 valence electrons. The van der Waals surface area contributed by atoms with Crippen LogP contribution in [0.15, 0.2) is 24.9 Å². The molecule has 0 N–H and O–H groups in total. The maximum atomic E-state index is 14.1. The summed E-state index contributed by atoms with van der Waals surface area (Å²) in [4.78, 5) is 26.3. The molecule has 9 nitrogen and oxygen atoms in total. The van der Waals surface area contributed by atoms with Crippen LogP contribution in [0.4, 0.5) is 19.0 Å². The van der Waals surface area contributed by atoms with Crippen LogP contribution in [0, 0.1) is 18.3 Å². The number of aryl methyl sites for hydroxylation is 1. The van der Waals surface area contributed by atoms with E-state index in [1.807, 2.05) is 15.8 Å². The molecule has 3 aliphatic rings. The molecule has 0 bridgehead atoms. The summed E-state index contributed by atoms with van der Waals surface area (Å²) >= 11 is 0. The molecule has 12 heteroatoms. The van der Waals surface area contributed by atoms with E-state index in [0.717, 1.165) is 31.5 Å². The van der Waals surface area contributed by atoms with Crippen molar-refractivity contribution < 1.29 is 22.7 Å². The molecule has 1 aliphatic carbocycles. The zero-order valence-corrected chi connectivity index (χ0v) is 25.9. The van der Waals surface area contributed by atoms with E-state index in [0.29, 0.717) is 50.8 Å². The lowest BCUT2D eigenvalue weighted by molar-refractivity contribution is -0.145. The number of halogens is 3. The Hall–Kier alpha value is -2.99. The van der Waals surface area contributed by atoms with Crippen molar-refractivity contribution in [2.45, 2.75) is 71.1 Å². The fourth-order valence-corrected chi connectivity index (χ4v) is 7.41. The van der Waals surface area contributed by atoms with Gasteiger partial charge in [-0.15, -0.1) is 0 Å². The molecule has 1 saturated carbocycles. The third-order valence-corrected chi connectivity index (χ3v) is 9.96. The van der Waals surface area contributed by atoms with E-state index in [2.05, 4.69) is 54.2 Å².